The van der Waals surface area contributed by atoms with Crippen LogP contribution in [0.3, 0.4) is 0 Å². The van der Waals surface area contributed by atoms with Crippen molar-refractivity contribution in [3.63, 3.8) is 0 Å². The molecule has 2 saturated heterocycles. The van der Waals surface area contributed by atoms with Crippen LogP contribution < -0.4 is 0 Å². The number of aliphatic hydroxyl groups excluding tert-OH is 1. The number of rotatable bonds is 6. The number of allylic oxidation sites excluding steroid dienone is 2. The van der Waals surface area contributed by atoms with Crippen LogP contribution in [-0.2, 0) is 9.47 Å². The van der Waals surface area contributed by atoms with E-state index in [0.717, 1.165) is 60.9 Å². The summed E-state index contributed by atoms with van der Waals surface area (Å²) in [5, 5.41) is 9.26. The van der Waals surface area contributed by atoms with Crippen molar-refractivity contribution in [1.29, 1.82) is 0 Å². The first-order valence-electron chi connectivity index (χ1n) is 15.6. The van der Waals surface area contributed by atoms with Crippen LogP contribution in [0.5, 0.6) is 0 Å². The molecule has 0 amide bonds. The molecule has 0 radical (unpaired) electrons. The zero-order valence-corrected chi connectivity index (χ0v) is 25.5. The number of ether oxygens (including phenoxy) is 2. The maximum atomic E-state index is 9.26. The zero-order chi connectivity index (χ0) is 26.8. The molecule has 210 valence electrons. The molecule has 11 atom stereocenters. The standard InChI is InChI=1S/C15H24.C10H18O2.C8H18O/c1-9(2)12-6-5-11(4)15-8-7-10(3)13(15)14(12)15;1-4-10-8(3)5-7(2)9(12-10)6-11-10;1-4-6-7(3)8(9)5-2/h7,9,11-14H,5-6,8H2,1-4H3;7-9H,4-6H2,1-3H3;7-9H,4-6H2,1-3H3/t11-,12+,13-,14-,15+;7-,8+,9-,10-;/m11./s1. The Morgan fingerprint density at radius 2 is 1.75 bits per heavy atom. The lowest BCUT2D eigenvalue weighted by atomic mass is 9.70. The maximum Gasteiger partial charge on any atom is 0.171 e. The predicted molar refractivity (Wildman–Crippen MR) is 152 cm³/mol. The highest BCUT2D eigenvalue weighted by molar-refractivity contribution is 5.35. The van der Waals surface area contributed by atoms with E-state index >= 15 is 0 Å². The van der Waals surface area contributed by atoms with E-state index < -0.39 is 0 Å². The molecule has 0 aromatic heterocycles. The molecule has 1 spiro atoms. The summed E-state index contributed by atoms with van der Waals surface area (Å²) >= 11 is 0. The molecule has 3 nitrogen and oxygen atoms in total. The van der Waals surface area contributed by atoms with Gasteiger partial charge in [-0.05, 0) is 98.7 Å². The fourth-order valence-corrected chi connectivity index (χ4v) is 8.60. The number of aliphatic hydroxyl groups is 1. The number of hydrogen-bond donors (Lipinski definition) is 1. The Labute approximate surface area is 224 Å². The smallest absolute Gasteiger partial charge is 0.171 e. The molecule has 2 aliphatic heterocycles. The summed E-state index contributed by atoms with van der Waals surface area (Å²) in [5.74, 6) is 6.44. The third-order valence-electron chi connectivity index (χ3n) is 11.2. The molecule has 3 aliphatic carbocycles. The van der Waals surface area contributed by atoms with E-state index in [2.05, 4.69) is 68.4 Å². The van der Waals surface area contributed by atoms with Crippen molar-refractivity contribution in [2.45, 2.75) is 139 Å². The van der Waals surface area contributed by atoms with Crippen LogP contribution in [0.2, 0.25) is 0 Å². The Kier molecular flexibility index (Phi) is 10.2. The Bertz CT molecular complexity index is 730. The van der Waals surface area contributed by atoms with E-state index in [1.807, 2.05) is 6.92 Å². The van der Waals surface area contributed by atoms with Gasteiger partial charge in [0.25, 0.3) is 0 Å². The fourth-order valence-electron chi connectivity index (χ4n) is 8.60. The van der Waals surface area contributed by atoms with Crippen molar-refractivity contribution >= 4 is 0 Å². The molecule has 0 aromatic carbocycles. The average molecular weight is 505 g/mol. The molecule has 2 saturated carbocycles. The molecule has 5 rings (SSSR count). The predicted octanol–water partition coefficient (Wildman–Crippen LogP) is 8.65. The van der Waals surface area contributed by atoms with Gasteiger partial charge >= 0.3 is 0 Å². The van der Waals surface area contributed by atoms with Gasteiger partial charge in [-0.25, -0.2) is 0 Å². The van der Waals surface area contributed by atoms with Crippen LogP contribution in [0.15, 0.2) is 11.6 Å². The van der Waals surface area contributed by atoms with Crippen LogP contribution in [0, 0.1) is 52.8 Å². The summed E-state index contributed by atoms with van der Waals surface area (Å²) in [6.07, 6.45) is 12.6. The lowest BCUT2D eigenvalue weighted by Gasteiger charge is -2.39. The van der Waals surface area contributed by atoms with Gasteiger partial charge in [-0.1, -0.05) is 80.4 Å². The summed E-state index contributed by atoms with van der Waals surface area (Å²) in [7, 11) is 0. The van der Waals surface area contributed by atoms with Gasteiger partial charge < -0.3 is 14.6 Å². The summed E-state index contributed by atoms with van der Waals surface area (Å²) in [5.41, 5.74) is 2.47. The minimum Gasteiger partial charge on any atom is -0.393 e. The summed E-state index contributed by atoms with van der Waals surface area (Å²) in [6, 6.07) is 0. The third kappa shape index (κ3) is 5.64. The second-order valence-corrected chi connectivity index (χ2v) is 13.6. The minimum atomic E-state index is -0.225. The largest absolute Gasteiger partial charge is 0.393 e. The van der Waals surface area contributed by atoms with Gasteiger partial charge in [-0.2, -0.15) is 0 Å². The quantitative estimate of drug-likeness (QED) is 0.368. The third-order valence-corrected chi connectivity index (χ3v) is 11.2. The topological polar surface area (TPSA) is 38.7 Å². The van der Waals surface area contributed by atoms with E-state index in [9.17, 15) is 5.11 Å². The van der Waals surface area contributed by atoms with Gasteiger partial charge in [0, 0.05) is 5.92 Å². The second-order valence-electron chi connectivity index (χ2n) is 13.6. The Morgan fingerprint density at radius 3 is 2.33 bits per heavy atom. The maximum absolute atomic E-state index is 9.26. The van der Waals surface area contributed by atoms with Crippen LogP contribution in [-0.4, -0.2) is 29.7 Å². The van der Waals surface area contributed by atoms with Crippen molar-refractivity contribution in [1.82, 2.24) is 0 Å². The van der Waals surface area contributed by atoms with Crippen molar-refractivity contribution in [2.24, 2.45) is 52.8 Å². The van der Waals surface area contributed by atoms with Crippen LogP contribution in [0.25, 0.3) is 0 Å². The van der Waals surface area contributed by atoms with Crippen LogP contribution in [0.1, 0.15) is 121 Å². The molecule has 3 heteroatoms. The van der Waals surface area contributed by atoms with Crippen molar-refractivity contribution < 1.29 is 14.6 Å². The molecular formula is C33H60O3. The van der Waals surface area contributed by atoms with Crippen molar-refractivity contribution in [3.8, 4) is 0 Å². The molecule has 4 fully saturated rings. The molecule has 5 aliphatic rings. The first-order chi connectivity index (χ1) is 17.0. The van der Waals surface area contributed by atoms with E-state index in [4.69, 9.17) is 9.47 Å². The SMILES string of the molecule is CC1=CC[C@@]23[C@@H]([C@@H]12)[C@H](C(C)C)CC[C@H]3C.CCCC(C)C(O)CC.CC[C@@]12OC[C@@H](O1)[C@H](C)C[C@@H]2C. The molecule has 2 unspecified atom stereocenters. The number of fused-ring (bicyclic) bond motifs is 3. The van der Waals surface area contributed by atoms with Gasteiger partial charge in [0.05, 0.1) is 18.8 Å². The van der Waals surface area contributed by atoms with Gasteiger partial charge in [-0.15, -0.1) is 0 Å². The zero-order valence-electron chi connectivity index (χ0n) is 25.5. The van der Waals surface area contributed by atoms with Crippen molar-refractivity contribution in [3.05, 3.63) is 11.6 Å². The minimum absolute atomic E-state index is 0.0788. The van der Waals surface area contributed by atoms with Gasteiger partial charge in [0.2, 0.25) is 0 Å². The monoisotopic (exact) mass is 504 g/mol. The van der Waals surface area contributed by atoms with Gasteiger partial charge in [0.15, 0.2) is 5.79 Å². The molecule has 36 heavy (non-hydrogen) atoms. The second kappa shape index (κ2) is 12.2. The van der Waals surface area contributed by atoms with E-state index in [1.54, 1.807) is 5.57 Å². The lowest BCUT2D eigenvalue weighted by Crippen LogP contribution is -2.43. The Hall–Kier alpha value is -0.380. The van der Waals surface area contributed by atoms with E-state index in [0.29, 0.717) is 23.9 Å². The Balaban J connectivity index is 0.000000157. The highest BCUT2D eigenvalue weighted by atomic mass is 16.7. The summed E-state index contributed by atoms with van der Waals surface area (Å²) < 4.78 is 11.7. The lowest BCUT2D eigenvalue weighted by molar-refractivity contribution is -0.229. The van der Waals surface area contributed by atoms with Crippen molar-refractivity contribution in [2.75, 3.05) is 6.61 Å². The van der Waals surface area contributed by atoms with Crippen LogP contribution in [0.4, 0.5) is 0 Å². The molecule has 2 bridgehead atoms. The highest BCUT2D eigenvalue weighted by Gasteiger charge is 2.72. The average Bonchev–Trinajstić information content (AvgIpc) is 3.18. The molecule has 0 aromatic rings. The molecular weight excluding hydrogens is 444 g/mol. The van der Waals surface area contributed by atoms with Crippen LogP contribution >= 0.6 is 0 Å². The first kappa shape index (κ1) is 30.2. The van der Waals surface area contributed by atoms with E-state index in [-0.39, 0.29) is 11.9 Å². The number of hydrogen-bond acceptors (Lipinski definition) is 3. The molecule has 2 heterocycles. The Morgan fingerprint density at radius 1 is 1.06 bits per heavy atom. The summed E-state index contributed by atoms with van der Waals surface area (Å²) in [4.78, 5) is 0. The first-order valence-corrected chi connectivity index (χ1v) is 15.6. The van der Waals surface area contributed by atoms with Gasteiger partial charge in [0.1, 0.15) is 0 Å². The fraction of sp³-hybridized carbons (Fsp3) is 0.939. The summed E-state index contributed by atoms with van der Waals surface area (Å²) in [6.45, 7) is 23.5. The normalized spacial score (nSPS) is 43.8. The molecule has 1 N–H and O–H groups in total. The highest BCUT2D eigenvalue weighted by Crippen LogP contribution is 2.77. The van der Waals surface area contributed by atoms with E-state index in [1.165, 1.54) is 32.1 Å². The van der Waals surface area contributed by atoms with Gasteiger partial charge in [-0.3, -0.25) is 0 Å².